The Bertz CT molecular complexity index is 832. The maximum absolute atomic E-state index is 11.7. The van der Waals surface area contributed by atoms with Crippen LogP contribution in [0, 0.1) is 11.3 Å². The molecule has 2 atom stereocenters. The lowest BCUT2D eigenvalue weighted by molar-refractivity contribution is -0.150. The Morgan fingerprint density at radius 2 is 2.03 bits per heavy atom. The molecule has 0 bridgehead atoms. The third-order valence-electron chi connectivity index (χ3n) is 6.64. The molecule has 2 aromatic rings. The quantitative estimate of drug-likeness (QED) is 0.472. The fourth-order valence-corrected chi connectivity index (χ4v) is 5.78. The highest BCUT2D eigenvalue weighted by molar-refractivity contribution is 7.10. The number of nitrogens with zero attached hydrogens (tertiary/aromatic N) is 1. The molecule has 0 fully saturated rings. The lowest BCUT2D eigenvalue weighted by atomic mass is 9.74. The van der Waals surface area contributed by atoms with Gasteiger partial charge >= 0.3 is 5.97 Å². The number of thiophene rings is 1. The summed E-state index contributed by atoms with van der Waals surface area (Å²) < 4.78 is 0. The minimum absolute atomic E-state index is 0.178. The van der Waals surface area contributed by atoms with Gasteiger partial charge in [0.1, 0.15) is 0 Å². The second kappa shape index (κ2) is 9.63. The molecule has 2 heterocycles. The highest BCUT2D eigenvalue weighted by Crippen LogP contribution is 2.38. The van der Waals surface area contributed by atoms with E-state index in [1.54, 1.807) is 0 Å². The summed E-state index contributed by atoms with van der Waals surface area (Å²) in [7, 11) is 0. The molecule has 0 spiro atoms. The molecule has 0 amide bonds. The summed E-state index contributed by atoms with van der Waals surface area (Å²) in [6, 6.07) is 10.7. The van der Waals surface area contributed by atoms with Crippen molar-refractivity contribution >= 4 is 28.9 Å². The summed E-state index contributed by atoms with van der Waals surface area (Å²) in [6.45, 7) is 7.83. The molecule has 0 saturated carbocycles. The number of hydrogen-bond acceptors (Lipinski definition) is 3. The molecule has 1 aromatic carbocycles. The second-order valence-electron chi connectivity index (χ2n) is 8.69. The third kappa shape index (κ3) is 5.04. The number of carbonyl (C=O) groups is 1. The number of hydrogen-bond donors (Lipinski definition) is 1. The third-order valence-corrected chi connectivity index (χ3v) is 8.00. The Balaban J connectivity index is 1.75. The van der Waals surface area contributed by atoms with Crippen LogP contribution in [0.5, 0.6) is 0 Å². The van der Waals surface area contributed by atoms with Crippen molar-refractivity contribution < 1.29 is 9.90 Å². The van der Waals surface area contributed by atoms with Gasteiger partial charge in [-0.3, -0.25) is 9.69 Å². The highest BCUT2D eigenvalue weighted by Gasteiger charge is 2.35. The second-order valence-corrected chi connectivity index (χ2v) is 10.1. The molecule has 158 valence electrons. The Morgan fingerprint density at radius 1 is 1.28 bits per heavy atom. The van der Waals surface area contributed by atoms with Gasteiger partial charge in [0.25, 0.3) is 0 Å². The maximum Gasteiger partial charge on any atom is 0.309 e. The topological polar surface area (TPSA) is 40.5 Å². The van der Waals surface area contributed by atoms with Crippen molar-refractivity contribution in [1.29, 1.82) is 0 Å². The van der Waals surface area contributed by atoms with Crippen molar-refractivity contribution in [3.8, 4) is 0 Å². The first-order valence-corrected chi connectivity index (χ1v) is 11.9. The van der Waals surface area contributed by atoms with Crippen LogP contribution in [0.15, 0.2) is 35.7 Å². The van der Waals surface area contributed by atoms with E-state index in [2.05, 4.69) is 35.4 Å². The van der Waals surface area contributed by atoms with E-state index in [-0.39, 0.29) is 12.0 Å². The van der Waals surface area contributed by atoms with Gasteiger partial charge in [0.2, 0.25) is 0 Å². The Morgan fingerprint density at radius 3 is 2.72 bits per heavy atom. The Labute approximate surface area is 183 Å². The number of rotatable bonds is 9. The number of aliphatic carboxylic acids is 1. The van der Waals surface area contributed by atoms with Crippen LogP contribution in [0.1, 0.15) is 68.5 Å². The molecule has 3 nitrogen and oxygen atoms in total. The fourth-order valence-electron chi connectivity index (χ4n) is 4.62. The standard InChI is InChI=1S/C24H32ClNO2S/c1-4-18(24(2,3)23(27)28)8-7-11-21(19-9-5-6-10-20(19)25)26-14-12-22-17(16-26)13-15-29-22/h5-6,9-10,13,15,18,21H,4,7-8,11-12,14,16H2,1-3H3,(H,27,28). The number of benzene rings is 1. The van der Waals surface area contributed by atoms with Gasteiger partial charge in [0.05, 0.1) is 5.41 Å². The van der Waals surface area contributed by atoms with Crippen LogP contribution in [-0.4, -0.2) is 22.5 Å². The van der Waals surface area contributed by atoms with Gasteiger partial charge in [-0.1, -0.05) is 49.6 Å². The van der Waals surface area contributed by atoms with Crippen molar-refractivity contribution in [1.82, 2.24) is 4.90 Å². The summed E-state index contributed by atoms with van der Waals surface area (Å²) in [4.78, 5) is 15.8. The van der Waals surface area contributed by atoms with Gasteiger partial charge in [0.15, 0.2) is 0 Å². The van der Waals surface area contributed by atoms with E-state index in [0.29, 0.717) is 0 Å². The van der Waals surface area contributed by atoms with Crippen LogP contribution in [0.25, 0.3) is 0 Å². The molecule has 1 aliphatic heterocycles. The van der Waals surface area contributed by atoms with Gasteiger partial charge in [-0.05, 0) is 67.7 Å². The minimum Gasteiger partial charge on any atom is -0.481 e. The lowest BCUT2D eigenvalue weighted by Gasteiger charge is -2.36. The summed E-state index contributed by atoms with van der Waals surface area (Å²) in [6.07, 6.45) is 4.90. The maximum atomic E-state index is 11.7. The van der Waals surface area contributed by atoms with Gasteiger partial charge in [-0.25, -0.2) is 0 Å². The average Bonchev–Trinajstić information content (AvgIpc) is 3.16. The van der Waals surface area contributed by atoms with Crippen LogP contribution < -0.4 is 0 Å². The summed E-state index contributed by atoms with van der Waals surface area (Å²) in [5.41, 5.74) is 1.95. The summed E-state index contributed by atoms with van der Waals surface area (Å²) in [5.74, 6) is -0.523. The first-order valence-electron chi connectivity index (χ1n) is 10.6. The molecule has 2 unspecified atom stereocenters. The molecule has 0 saturated heterocycles. The van der Waals surface area contributed by atoms with E-state index in [4.69, 9.17) is 11.6 Å². The molecule has 1 aromatic heterocycles. The van der Waals surface area contributed by atoms with Crippen LogP contribution in [-0.2, 0) is 17.8 Å². The zero-order chi connectivity index (χ0) is 21.0. The molecule has 29 heavy (non-hydrogen) atoms. The number of carboxylic acid groups (broad SMARTS) is 1. The summed E-state index contributed by atoms with van der Waals surface area (Å²) in [5, 5.41) is 12.6. The Kier molecular flexibility index (Phi) is 7.42. The predicted octanol–water partition coefficient (Wildman–Crippen LogP) is 6.81. The normalized spacial score (nSPS) is 17.0. The number of fused-ring (bicyclic) bond motifs is 1. The molecule has 5 heteroatoms. The lowest BCUT2D eigenvalue weighted by Crippen LogP contribution is -2.34. The first kappa shape index (κ1) is 22.3. The van der Waals surface area contributed by atoms with Crippen molar-refractivity contribution in [2.24, 2.45) is 11.3 Å². The van der Waals surface area contributed by atoms with Crippen molar-refractivity contribution in [3.63, 3.8) is 0 Å². The van der Waals surface area contributed by atoms with Gasteiger partial charge in [-0.2, -0.15) is 0 Å². The van der Waals surface area contributed by atoms with Crippen LogP contribution in [0.4, 0.5) is 0 Å². The average molecular weight is 434 g/mol. The monoisotopic (exact) mass is 433 g/mol. The van der Waals surface area contributed by atoms with E-state index >= 15 is 0 Å². The first-order chi connectivity index (χ1) is 13.8. The molecule has 3 rings (SSSR count). The van der Waals surface area contributed by atoms with Crippen LogP contribution >= 0.6 is 22.9 Å². The zero-order valence-corrected chi connectivity index (χ0v) is 19.2. The molecule has 0 aliphatic carbocycles. The summed E-state index contributed by atoms with van der Waals surface area (Å²) >= 11 is 8.46. The van der Waals surface area contributed by atoms with E-state index in [1.807, 2.05) is 37.3 Å². The van der Waals surface area contributed by atoms with Gasteiger partial charge < -0.3 is 5.11 Å². The minimum atomic E-state index is -0.701. The van der Waals surface area contributed by atoms with E-state index < -0.39 is 11.4 Å². The van der Waals surface area contributed by atoms with Crippen LogP contribution in [0.3, 0.4) is 0 Å². The molecule has 1 aliphatic rings. The molecular formula is C24H32ClNO2S. The van der Waals surface area contributed by atoms with Gasteiger partial charge in [0, 0.05) is 29.0 Å². The number of carboxylic acids is 1. The molecule has 0 radical (unpaired) electrons. The van der Waals surface area contributed by atoms with Crippen molar-refractivity contribution in [2.75, 3.05) is 6.54 Å². The largest absolute Gasteiger partial charge is 0.481 e. The van der Waals surface area contributed by atoms with Crippen molar-refractivity contribution in [2.45, 2.75) is 65.5 Å². The predicted molar refractivity (Wildman–Crippen MR) is 122 cm³/mol. The fraction of sp³-hybridized carbons (Fsp3) is 0.542. The van der Waals surface area contributed by atoms with Crippen molar-refractivity contribution in [3.05, 3.63) is 56.7 Å². The van der Waals surface area contributed by atoms with E-state index in [1.165, 1.54) is 16.0 Å². The number of halogens is 1. The van der Waals surface area contributed by atoms with E-state index in [0.717, 1.165) is 50.2 Å². The SMILES string of the molecule is CCC(CCCC(c1ccccc1Cl)N1CCc2sccc2C1)C(C)(C)C(=O)O. The molecule has 1 N–H and O–H groups in total. The van der Waals surface area contributed by atoms with E-state index in [9.17, 15) is 9.90 Å². The zero-order valence-electron chi connectivity index (χ0n) is 17.7. The smallest absolute Gasteiger partial charge is 0.309 e. The van der Waals surface area contributed by atoms with Crippen LogP contribution in [0.2, 0.25) is 5.02 Å². The van der Waals surface area contributed by atoms with Gasteiger partial charge in [-0.15, -0.1) is 11.3 Å². The highest BCUT2D eigenvalue weighted by atomic mass is 35.5. The Hall–Kier alpha value is -1.36. The molecular weight excluding hydrogens is 402 g/mol.